The molecule has 0 aliphatic heterocycles. The van der Waals surface area contributed by atoms with Crippen LogP contribution >= 0.6 is 11.6 Å². The average molecular weight is 221 g/mol. The van der Waals surface area contributed by atoms with Gasteiger partial charge >= 0.3 is 0 Å². The molecule has 76 valence electrons. The van der Waals surface area contributed by atoms with Crippen LogP contribution in [0.4, 0.5) is 0 Å². The number of carbonyl (C=O) groups excluding carboxylic acids is 1. The van der Waals surface area contributed by atoms with Crippen molar-refractivity contribution >= 4 is 28.2 Å². The van der Waals surface area contributed by atoms with Crippen molar-refractivity contribution in [1.82, 2.24) is 0 Å². The maximum absolute atomic E-state index is 11.2. The first-order chi connectivity index (χ1) is 7.29. The number of hydrogen-bond acceptors (Lipinski definition) is 1. The number of rotatable bonds is 3. The van der Waals surface area contributed by atoms with E-state index in [2.05, 4.69) is 4.98 Å². The molecule has 0 aliphatic rings. The van der Waals surface area contributed by atoms with E-state index < -0.39 is 0 Å². The highest BCUT2D eigenvalue weighted by Crippen LogP contribution is 2.14. The van der Waals surface area contributed by atoms with E-state index >= 15 is 0 Å². The highest BCUT2D eigenvalue weighted by atomic mass is 35.5. The SMILES string of the molecule is O=C(CCl)Cc1ccc2c[nH+]ccc2c1. The minimum absolute atomic E-state index is 0.0542. The molecular weight excluding hydrogens is 210 g/mol. The van der Waals surface area contributed by atoms with E-state index in [0.717, 1.165) is 16.3 Å². The first-order valence-corrected chi connectivity index (χ1v) is 5.29. The Morgan fingerprint density at radius 3 is 2.93 bits per heavy atom. The molecule has 15 heavy (non-hydrogen) atoms. The molecule has 0 fully saturated rings. The molecule has 0 spiro atoms. The monoisotopic (exact) mass is 220 g/mol. The van der Waals surface area contributed by atoms with Crippen LogP contribution in [0.25, 0.3) is 10.8 Å². The van der Waals surface area contributed by atoms with Crippen LogP contribution < -0.4 is 4.98 Å². The normalized spacial score (nSPS) is 10.5. The molecule has 0 atom stereocenters. The highest BCUT2D eigenvalue weighted by Gasteiger charge is 2.03. The minimum Gasteiger partial charge on any atom is -0.298 e. The Hall–Kier alpha value is -1.41. The van der Waals surface area contributed by atoms with Gasteiger partial charge in [0.15, 0.2) is 18.2 Å². The van der Waals surface area contributed by atoms with E-state index in [-0.39, 0.29) is 11.7 Å². The van der Waals surface area contributed by atoms with Crippen LogP contribution in [0.2, 0.25) is 0 Å². The lowest BCUT2D eigenvalue weighted by molar-refractivity contribution is -0.375. The van der Waals surface area contributed by atoms with Crippen molar-refractivity contribution in [3.8, 4) is 0 Å². The Bertz CT molecular complexity index is 496. The standard InChI is InChI=1S/C12H10ClNO/c13-7-12(15)6-9-1-2-11-8-14-4-3-10(11)5-9/h1-5,8H,6-7H2/p+1. The fourth-order valence-electron chi connectivity index (χ4n) is 1.56. The van der Waals surface area contributed by atoms with Crippen LogP contribution in [0.3, 0.4) is 0 Å². The second-order valence-corrected chi connectivity index (χ2v) is 3.72. The van der Waals surface area contributed by atoms with Gasteiger partial charge < -0.3 is 0 Å². The highest BCUT2D eigenvalue weighted by molar-refractivity contribution is 6.27. The van der Waals surface area contributed by atoms with Crippen molar-refractivity contribution in [1.29, 1.82) is 0 Å². The first-order valence-electron chi connectivity index (χ1n) is 4.76. The zero-order valence-corrected chi connectivity index (χ0v) is 8.92. The number of halogens is 1. The number of carbonyl (C=O) groups is 1. The number of nitrogens with one attached hydrogen (secondary N) is 1. The summed E-state index contributed by atoms with van der Waals surface area (Å²) in [6.07, 6.45) is 4.22. The topological polar surface area (TPSA) is 31.2 Å². The van der Waals surface area contributed by atoms with Crippen LogP contribution in [-0.2, 0) is 11.2 Å². The third-order valence-electron chi connectivity index (χ3n) is 2.30. The van der Waals surface area contributed by atoms with Crippen LogP contribution in [-0.4, -0.2) is 11.7 Å². The summed E-state index contributed by atoms with van der Waals surface area (Å²) in [6, 6.07) is 7.97. The largest absolute Gasteiger partial charge is 0.298 e. The minimum atomic E-state index is 0.0542. The van der Waals surface area contributed by atoms with Gasteiger partial charge in [0.05, 0.1) is 5.88 Å². The number of alkyl halides is 1. The molecule has 1 heterocycles. The van der Waals surface area contributed by atoms with Gasteiger partial charge in [0.2, 0.25) is 0 Å². The summed E-state index contributed by atoms with van der Waals surface area (Å²) in [4.78, 5) is 14.2. The maximum atomic E-state index is 11.2. The molecule has 2 aromatic rings. The van der Waals surface area contributed by atoms with Crippen molar-refractivity contribution in [3.63, 3.8) is 0 Å². The van der Waals surface area contributed by atoms with Crippen LogP contribution in [0.15, 0.2) is 36.7 Å². The Kier molecular flexibility index (Phi) is 2.97. The van der Waals surface area contributed by atoms with Gasteiger partial charge in [-0.05, 0) is 17.0 Å². The van der Waals surface area contributed by atoms with Crippen LogP contribution in [0.5, 0.6) is 0 Å². The van der Waals surface area contributed by atoms with Gasteiger partial charge in [-0.2, -0.15) is 0 Å². The summed E-state index contributed by atoms with van der Waals surface area (Å²) in [5.74, 6) is 0.138. The first kappa shape index (κ1) is 10.1. The van der Waals surface area contributed by atoms with Gasteiger partial charge in [0.25, 0.3) is 0 Å². The van der Waals surface area contributed by atoms with Crippen LogP contribution in [0, 0.1) is 0 Å². The zero-order valence-electron chi connectivity index (χ0n) is 8.16. The Morgan fingerprint density at radius 1 is 1.27 bits per heavy atom. The van der Waals surface area contributed by atoms with E-state index in [4.69, 9.17) is 11.6 Å². The molecule has 0 saturated heterocycles. The van der Waals surface area contributed by atoms with E-state index in [1.54, 1.807) is 0 Å². The third kappa shape index (κ3) is 2.34. The van der Waals surface area contributed by atoms with Gasteiger partial charge in [-0.1, -0.05) is 12.1 Å². The lowest BCUT2D eigenvalue weighted by Gasteiger charge is -1.99. The number of aromatic nitrogens is 1. The fraction of sp³-hybridized carbons (Fsp3) is 0.167. The molecule has 1 aromatic carbocycles. The molecule has 0 saturated carbocycles. The average Bonchev–Trinajstić information content (AvgIpc) is 2.29. The molecule has 2 nitrogen and oxygen atoms in total. The van der Waals surface area contributed by atoms with Gasteiger partial charge in [-0.25, -0.2) is 4.98 Å². The molecule has 0 radical (unpaired) electrons. The number of pyridine rings is 1. The summed E-state index contributed by atoms with van der Waals surface area (Å²) in [7, 11) is 0. The molecule has 3 heteroatoms. The maximum Gasteiger partial charge on any atom is 0.174 e. The van der Waals surface area contributed by atoms with Crippen molar-refractivity contribution in [3.05, 3.63) is 42.2 Å². The number of hydrogen-bond donors (Lipinski definition) is 0. The van der Waals surface area contributed by atoms with Crippen molar-refractivity contribution < 1.29 is 9.78 Å². The summed E-state index contributed by atoms with van der Waals surface area (Å²) in [5, 5.41) is 2.27. The number of H-pyrrole nitrogens is 1. The number of fused-ring (bicyclic) bond motifs is 1. The zero-order chi connectivity index (χ0) is 10.7. The smallest absolute Gasteiger partial charge is 0.174 e. The third-order valence-corrected chi connectivity index (χ3v) is 2.60. The fourth-order valence-corrected chi connectivity index (χ4v) is 1.66. The Morgan fingerprint density at radius 2 is 2.13 bits per heavy atom. The molecule has 0 unspecified atom stereocenters. The Balaban J connectivity index is 2.34. The second kappa shape index (κ2) is 4.41. The van der Waals surface area contributed by atoms with Gasteiger partial charge in [-0.15, -0.1) is 11.6 Å². The number of aromatic amines is 1. The molecule has 0 aliphatic carbocycles. The quantitative estimate of drug-likeness (QED) is 0.728. The van der Waals surface area contributed by atoms with Gasteiger partial charge in [0.1, 0.15) is 0 Å². The van der Waals surface area contributed by atoms with Crippen molar-refractivity contribution in [2.45, 2.75) is 6.42 Å². The van der Waals surface area contributed by atoms with Gasteiger partial charge in [-0.3, -0.25) is 4.79 Å². The predicted octanol–water partition coefficient (Wildman–Crippen LogP) is 2.00. The van der Waals surface area contributed by atoms with E-state index in [9.17, 15) is 4.79 Å². The Labute approximate surface area is 92.9 Å². The second-order valence-electron chi connectivity index (χ2n) is 3.46. The molecule has 2 rings (SSSR count). The number of benzene rings is 1. The van der Waals surface area contributed by atoms with Crippen molar-refractivity contribution in [2.75, 3.05) is 5.88 Å². The summed E-state index contributed by atoms with van der Waals surface area (Å²) < 4.78 is 0. The summed E-state index contributed by atoms with van der Waals surface area (Å²) in [6.45, 7) is 0. The van der Waals surface area contributed by atoms with Crippen molar-refractivity contribution in [2.24, 2.45) is 0 Å². The molecule has 0 amide bonds. The van der Waals surface area contributed by atoms with E-state index in [0.29, 0.717) is 6.42 Å². The number of Topliss-reactive ketones (excluding diaryl/α,β-unsaturated/α-hetero) is 1. The lowest BCUT2D eigenvalue weighted by atomic mass is 10.1. The summed E-state index contributed by atoms with van der Waals surface area (Å²) in [5.41, 5.74) is 1.01. The molecule has 1 N–H and O–H groups in total. The molecule has 0 bridgehead atoms. The van der Waals surface area contributed by atoms with E-state index in [1.165, 1.54) is 0 Å². The van der Waals surface area contributed by atoms with Gasteiger partial charge in [0, 0.05) is 17.9 Å². The lowest BCUT2D eigenvalue weighted by Crippen LogP contribution is -2.04. The predicted molar refractivity (Wildman–Crippen MR) is 59.9 cm³/mol. The van der Waals surface area contributed by atoms with Crippen LogP contribution in [0.1, 0.15) is 5.56 Å². The van der Waals surface area contributed by atoms with E-state index in [1.807, 2.05) is 36.7 Å². The number of ketones is 1. The molecular formula is C12H11ClNO+. The summed E-state index contributed by atoms with van der Waals surface area (Å²) >= 11 is 5.47. The molecule has 1 aromatic heterocycles.